The van der Waals surface area contributed by atoms with Crippen LogP contribution in [0, 0.1) is 13.8 Å². The van der Waals surface area contributed by atoms with E-state index < -0.39 is 0 Å². The van der Waals surface area contributed by atoms with Crippen molar-refractivity contribution in [1.29, 1.82) is 0 Å². The smallest absolute Gasteiger partial charge is 0.0662 e. The lowest BCUT2D eigenvalue weighted by Crippen LogP contribution is -2.01. The van der Waals surface area contributed by atoms with Gasteiger partial charge in [-0.05, 0) is 147 Å². The van der Waals surface area contributed by atoms with Gasteiger partial charge in [0.2, 0.25) is 0 Å². The third-order valence-electron chi connectivity index (χ3n) is 13.2. The Morgan fingerprint density at radius 3 is 1.40 bits per heavy atom. The summed E-state index contributed by atoms with van der Waals surface area (Å²) in [6.45, 7) is 6.37. The second-order valence-electron chi connectivity index (χ2n) is 17.5. The Balaban J connectivity index is 1.17. The molecule has 11 rings (SSSR count). The van der Waals surface area contributed by atoms with Crippen LogP contribution in [0.15, 0.2) is 224 Å². The SMILES string of the molecule is CC(=Nc1ccccc1C)c1cc(-c2cc(-c3cncc4ccccc34)cc(-c3cncc4ccccc34)c2)ccc1-c1cc(/C(=C/N)c2ccccc2C)cc(-c2cncc3ccccc23)c1. The Morgan fingerprint density at radius 2 is 0.868 bits per heavy atom. The number of aliphatic imine (C=N–C) groups is 1. The van der Waals surface area contributed by atoms with E-state index in [1.165, 1.54) is 0 Å². The molecule has 0 aliphatic rings. The number of benzene rings is 8. The van der Waals surface area contributed by atoms with E-state index >= 15 is 0 Å². The summed E-state index contributed by atoms with van der Waals surface area (Å²) in [6.07, 6.45) is 13.5. The lowest BCUT2D eigenvalue weighted by Gasteiger charge is -2.19. The third kappa shape index (κ3) is 7.90. The lowest BCUT2D eigenvalue weighted by molar-refractivity contribution is 1.35. The minimum atomic E-state index is 0.899. The van der Waals surface area contributed by atoms with Gasteiger partial charge in [0.15, 0.2) is 0 Å². The van der Waals surface area contributed by atoms with Gasteiger partial charge in [-0.2, -0.15) is 0 Å². The van der Waals surface area contributed by atoms with E-state index in [0.717, 1.165) is 133 Å². The normalized spacial score (nSPS) is 12.0. The summed E-state index contributed by atoms with van der Waals surface area (Å²) in [4.78, 5) is 19.5. The van der Waals surface area contributed by atoms with Crippen LogP contribution < -0.4 is 5.73 Å². The maximum absolute atomic E-state index is 6.60. The number of hydrogen-bond donors (Lipinski definition) is 1. The fraction of sp³-hybridized carbons (Fsp3) is 0.0476. The molecule has 0 radical (unpaired) electrons. The Bertz CT molecular complexity index is 3690. The Hall–Kier alpha value is -8.80. The molecule has 0 saturated carbocycles. The van der Waals surface area contributed by atoms with E-state index in [1.807, 2.05) is 43.2 Å². The molecule has 8 aromatic carbocycles. The van der Waals surface area contributed by atoms with Crippen LogP contribution in [0.4, 0.5) is 5.69 Å². The van der Waals surface area contributed by atoms with Gasteiger partial charge in [-0.3, -0.25) is 19.9 Å². The summed E-state index contributed by atoms with van der Waals surface area (Å²) >= 11 is 0. The van der Waals surface area contributed by atoms with Gasteiger partial charge in [0.25, 0.3) is 0 Å². The number of nitrogens with zero attached hydrogens (tertiary/aromatic N) is 4. The largest absolute Gasteiger partial charge is 0.404 e. The molecule has 0 bridgehead atoms. The summed E-state index contributed by atoms with van der Waals surface area (Å²) in [5.74, 6) is 0. The van der Waals surface area contributed by atoms with E-state index in [-0.39, 0.29) is 0 Å². The molecule has 0 spiro atoms. The second-order valence-corrected chi connectivity index (χ2v) is 17.5. The summed E-state index contributed by atoms with van der Waals surface area (Å²) < 4.78 is 0. The highest BCUT2D eigenvalue weighted by Gasteiger charge is 2.19. The van der Waals surface area contributed by atoms with Crippen LogP contribution >= 0.6 is 0 Å². The summed E-state index contributed by atoms with van der Waals surface area (Å²) in [7, 11) is 0. The molecule has 0 atom stereocenters. The van der Waals surface area contributed by atoms with Gasteiger partial charge in [-0.15, -0.1) is 0 Å². The first-order valence-corrected chi connectivity index (χ1v) is 22.9. The number of fused-ring (bicyclic) bond motifs is 3. The Kier molecular flexibility index (Phi) is 11.0. The zero-order valence-electron chi connectivity index (χ0n) is 38.2. The predicted octanol–water partition coefficient (Wildman–Crippen LogP) is 15.8. The third-order valence-corrected chi connectivity index (χ3v) is 13.2. The van der Waals surface area contributed by atoms with Gasteiger partial charge in [-0.25, -0.2) is 0 Å². The number of aromatic nitrogens is 3. The molecular weight excluding hydrogens is 827 g/mol. The van der Waals surface area contributed by atoms with Gasteiger partial charge in [0, 0.05) is 93.1 Å². The van der Waals surface area contributed by atoms with Crippen molar-refractivity contribution < 1.29 is 0 Å². The molecule has 68 heavy (non-hydrogen) atoms. The summed E-state index contributed by atoms with van der Waals surface area (Å²) in [5, 5.41) is 6.69. The van der Waals surface area contributed by atoms with E-state index in [1.54, 1.807) is 6.20 Å². The van der Waals surface area contributed by atoms with Crippen molar-refractivity contribution in [3.63, 3.8) is 0 Å². The van der Waals surface area contributed by atoms with Gasteiger partial charge in [0.1, 0.15) is 0 Å². The zero-order chi connectivity index (χ0) is 46.1. The maximum Gasteiger partial charge on any atom is 0.0662 e. The van der Waals surface area contributed by atoms with E-state index in [0.29, 0.717) is 0 Å². The monoisotopic (exact) mass is 873 g/mol. The maximum atomic E-state index is 6.60. The first-order chi connectivity index (χ1) is 33.4. The van der Waals surface area contributed by atoms with E-state index in [4.69, 9.17) is 25.7 Å². The van der Waals surface area contributed by atoms with Crippen LogP contribution in [-0.2, 0) is 0 Å². The Labute approximate surface area is 396 Å². The highest BCUT2D eigenvalue weighted by molar-refractivity contribution is 6.08. The zero-order valence-corrected chi connectivity index (χ0v) is 38.2. The fourth-order valence-corrected chi connectivity index (χ4v) is 9.66. The molecule has 11 aromatic rings. The van der Waals surface area contributed by atoms with Gasteiger partial charge < -0.3 is 5.73 Å². The lowest BCUT2D eigenvalue weighted by atomic mass is 9.86. The molecule has 3 heterocycles. The van der Waals surface area contributed by atoms with Crippen LogP contribution in [-0.4, -0.2) is 20.7 Å². The number of hydrogen-bond acceptors (Lipinski definition) is 5. The van der Waals surface area contributed by atoms with Gasteiger partial charge in [0.05, 0.1) is 5.69 Å². The van der Waals surface area contributed by atoms with Crippen molar-refractivity contribution in [3.8, 4) is 55.6 Å². The molecular formula is C63H47N5. The average Bonchev–Trinajstić information content (AvgIpc) is 3.39. The van der Waals surface area contributed by atoms with E-state index in [9.17, 15) is 0 Å². The molecule has 3 aromatic heterocycles. The number of rotatable bonds is 9. The second kappa shape index (κ2) is 17.9. The van der Waals surface area contributed by atoms with Crippen molar-refractivity contribution in [2.75, 3.05) is 0 Å². The van der Waals surface area contributed by atoms with Crippen molar-refractivity contribution in [3.05, 3.63) is 247 Å². The summed E-state index contributed by atoms with van der Waals surface area (Å²) in [6, 6.07) is 62.6. The van der Waals surface area contributed by atoms with Crippen LogP contribution in [0.25, 0.3) is 93.5 Å². The van der Waals surface area contributed by atoms with E-state index in [2.05, 4.69) is 191 Å². The molecule has 0 saturated heterocycles. The van der Waals surface area contributed by atoms with Crippen LogP contribution in [0.2, 0.25) is 0 Å². The molecule has 5 heteroatoms. The standard InChI is InChI=1S/C63H47N5/c1-40-14-4-9-19-53(40)59(33-64)49-28-48(29-52(30-49)62-39-67-36-46-18-8-12-22-56(46)62)57-25-24-43(32-58(57)42(3)68-63-23-13-5-15-41(63)2)47-26-50(60-37-65-34-44-16-6-10-20-54(44)60)31-51(27-47)61-38-66-35-45-17-7-11-21-55(45)61/h4-39H,64H2,1-3H3/b59-33-,68-42?. The van der Waals surface area contributed by atoms with Crippen molar-refractivity contribution in [1.82, 2.24) is 15.0 Å². The predicted molar refractivity (Wildman–Crippen MR) is 285 cm³/mol. The number of pyridine rings is 3. The minimum Gasteiger partial charge on any atom is -0.404 e. The Morgan fingerprint density at radius 1 is 0.412 bits per heavy atom. The van der Waals surface area contributed by atoms with Crippen molar-refractivity contribution >= 4 is 49.3 Å². The fourth-order valence-electron chi connectivity index (χ4n) is 9.66. The molecule has 2 N–H and O–H groups in total. The van der Waals surface area contributed by atoms with Crippen LogP contribution in [0.3, 0.4) is 0 Å². The molecule has 0 fully saturated rings. The first kappa shape index (κ1) is 41.9. The number of para-hydroxylation sites is 1. The highest BCUT2D eigenvalue weighted by atomic mass is 14.7. The molecule has 0 amide bonds. The molecule has 0 unspecified atom stereocenters. The van der Waals surface area contributed by atoms with Crippen molar-refractivity contribution in [2.45, 2.75) is 20.8 Å². The quantitative estimate of drug-likeness (QED) is 0.147. The molecule has 324 valence electrons. The average molecular weight is 874 g/mol. The van der Waals surface area contributed by atoms with Gasteiger partial charge in [-0.1, -0.05) is 127 Å². The van der Waals surface area contributed by atoms with Gasteiger partial charge >= 0.3 is 0 Å². The number of nitrogens with two attached hydrogens (primary N) is 1. The topological polar surface area (TPSA) is 77.0 Å². The first-order valence-electron chi connectivity index (χ1n) is 22.9. The molecule has 0 aliphatic heterocycles. The minimum absolute atomic E-state index is 0.899. The van der Waals surface area contributed by atoms with Crippen molar-refractivity contribution in [2.24, 2.45) is 10.7 Å². The number of aryl methyl sites for hydroxylation is 2. The van der Waals surface area contributed by atoms with Crippen LogP contribution in [0.1, 0.15) is 34.7 Å². The highest BCUT2D eigenvalue weighted by Crippen LogP contribution is 2.41. The summed E-state index contributed by atoms with van der Waals surface area (Å²) in [5.41, 5.74) is 25.4. The molecule has 5 nitrogen and oxygen atoms in total. The van der Waals surface area contributed by atoms with Crippen LogP contribution in [0.5, 0.6) is 0 Å². The molecule has 0 aliphatic carbocycles.